The second-order valence-corrected chi connectivity index (χ2v) is 17.4. The number of fused-ring (bicyclic) bond motifs is 12. The summed E-state index contributed by atoms with van der Waals surface area (Å²) in [4.78, 5) is 0. The zero-order valence-corrected chi connectivity index (χ0v) is 33.7. The monoisotopic (exact) mass is 783 g/mol. The number of benzene rings is 9. The fraction of sp³-hybridized carbons (Fsp3) is 0.0526. The molecule has 1 aliphatic carbocycles. The molecule has 0 bridgehead atoms. The second-order valence-electron chi connectivity index (χ2n) is 16.3. The lowest BCUT2D eigenvalue weighted by atomic mass is 9.68. The molecule has 2 unspecified atom stereocenters. The van der Waals surface area contributed by atoms with Crippen molar-refractivity contribution >= 4 is 75.3 Å². The van der Waals surface area contributed by atoms with Crippen LogP contribution in [0.4, 0.5) is 0 Å². The first-order valence-electron chi connectivity index (χ1n) is 20.9. The summed E-state index contributed by atoms with van der Waals surface area (Å²) in [6.07, 6.45) is 0. The number of furan rings is 1. The summed E-state index contributed by atoms with van der Waals surface area (Å²) < 4.78 is 11.7. The number of hydrogen-bond donors (Lipinski definition) is 0. The second kappa shape index (κ2) is 12.9. The average molecular weight is 784 g/mol. The van der Waals surface area contributed by atoms with Crippen molar-refractivity contribution in [1.29, 1.82) is 0 Å². The van der Waals surface area contributed by atoms with Gasteiger partial charge in [0.15, 0.2) is 0 Å². The highest BCUT2D eigenvalue weighted by molar-refractivity contribution is 7.26. The Morgan fingerprint density at radius 1 is 0.467 bits per heavy atom. The predicted molar refractivity (Wildman–Crippen MR) is 254 cm³/mol. The summed E-state index contributed by atoms with van der Waals surface area (Å²) in [7, 11) is 0. The number of aromatic nitrogens is 1. The molecule has 0 spiro atoms. The zero-order chi connectivity index (χ0) is 39.5. The molecule has 0 aliphatic heterocycles. The van der Waals surface area contributed by atoms with Gasteiger partial charge in [0.1, 0.15) is 11.2 Å². The molecule has 2 nitrogen and oxygen atoms in total. The van der Waals surface area contributed by atoms with Crippen LogP contribution in [0.5, 0.6) is 0 Å². The number of hydrogen-bond acceptors (Lipinski definition) is 2. The summed E-state index contributed by atoms with van der Waals surface area (Å²) in [5.74, 6) is 0.341. The van der Waals surface area contributed by atoms with Crippen molar-refractivity contribution < 1.29 is 4.42 Å². The van der Waals surface area contributed by atoms with Crippen LogP contribution in [0, 0.1) is 0 Å². The first-order chi connectivity index (χ1) is 29.7. The molecule has 12 aromatic rings. The lowest BCUT2D eigenvalue weighted by Gasteiger charge is -2.35. The maximum atomic E-state index is 6.71. The summed E-state index contributed by atoms with van der Waals surface area (Å²) in [5.41, 5.74) is 17.1. The van der Waals surface area contributed by atoms with E-state index in [1.807, 2.05) is 11.3 Å². The maximum Gasteiger partial charge on any atom is 0.143 e. The SMILES string of the molecule is CC1c2cccc(-c3cccc4c3c3ccccc3n4-c3ccccc3)c2-c2ccccc2C1c1cc(-c2cccc3c2oc2ccccc23)c2sc3ccccc3c2c1. The van der Waals surface area contributed by atoms with Crippen LogP contribution < -0.4 is 0 Å². The molecule has 0 N–H and O–H groups in total. The minimum absolute atomic E-state index is 0.136. The molecule has 0 saturated heterocycles. The summed E-state index contributed by atoms with van der Waals surface area (Å²) in [6, 6.07) is 71.6. The van der Waals surface area contributed by atoms with E-state index < -0.39 is 0 Å². The molecule has 1 aliphatic rings. The Labute approximate surface area is 351 Å². The third-order valence-corrected chi connectivity index (χ3v) is 14.4. The number of nitrogens with zero attached hydrogens (tertiary/aromatic N) is 1. The normalized spacial score (nSPS) is 15.1. The van der Waals surface area contributed by atoms with Gasteiger partial charge in [-0.3, -0.25) is 0 Å². The molecule has 282 valence electrons. The third kappa shape index (κ3) is 4.75. The van der Waals surface area contributed by atoms with Gasteiger partial charge in [0.25, 0.3) is 0 Å². The Morgan fingerprint density at radius 2 is 1.12 bits per heavy atom. The molecule has 0 fully saturated rings. The van der Waals surface area contributed by atoms with Crippen molar-refractivity contribution in [2.75, 3.05) is 0 Å². The summed E-state index contributed by atoms with van der Waals surface area (Å²) in [5, 5.41) is 7.48. The van der Waals surface area contributed by atoms with E-state index in [1.165, 1.54) is 92.2 Å². The fourth-order valence-corrected chi connectivity index (χ4v) is 11.9. The van der Waals surface area contributed by atoms with E-state index >= 15 is 0 Å². The maximum absolute atomic E-state index is 6.71. The first-order valence-corrected chi connectivity index (χ1v) is 21.7. The van der Waals surface area contributed by atoms with E-state index in [4.69, 9.17) is 4.42 Å². The van der Waals surface area contributed by atoms with E-state index in [9.17, 15) is 0 Å². The number of rotatable bonds is 4. The molecule has 0 saturated carbocycles. The van der Waals surface area contributed by atoms with Gasteiger partial charge in [-0.05, 0) is 93.4 Å². The molecule has 9 aromatic carbocycles. The zero-order valence-electron chi connectivity index (χ0n) is 32.9. The van der Waals surface area contributed by atoms with Gasteiger partial charge in [-0.1, -0.05) is 153 Å². The quantitative estimate of drug-likeness (QED) is 0.174. The van der Waals surface area contributed by atoms with E-state index in [0.717, 1.165) is 27.5 Å². The Morgan fingerprint density at radius 3 is 2.03 bits per heavy atom. The molecule has 60 heavy (non-hydrogen) atoms. The Kier molecular flexibility index (Phi) is 7.25. The minimum Gasteiger partial charge on any atom is -0.455 e. The van der Waals surface area contributed by atoms with Crippen LogP contribution in [0.3, 0.4) is 0 Å². The Bertz CT molecular complexity index is 3700. The van der Waals surface area contributed by atoms with Crippen molar-refractivity contribution in [3.63, 3.8) is 0 Å². The first kappa shape index (κ1) is 33.7. The highest BCUT2D eigenvalue weighted by Gasteiger charge is 2.35. The highest BCUT2D eigenvalue weighted by atomic mass is 32.1. The van der Waals surface area contributed by atoms with Crippen molar-refractivity contribution in [1.82, 2.24) is 4.57 Å². The fourth-order valence-electron chi connectivity index (χ4n) is 10.7. The highest BCUT2D eigenvalue weighted by Crippen LogP contribution is 2.55. The van der Waals surface area contributed by atoms with Crippen LogP contribution in [0.2, 0.25) is 0 Å². The number of thiophene rings is 1. The van der Waals surface area contributed by atoms with Gasteiger partial charge in [-0.2, -0.15) is 0 Å². The smallest absolute Gasteiger partial charge is 0.143 e. The van der Waals surface area contributed by atoms with Crippen molar-refractivity contribution in [2.24, 2.45) is 0 Å². The van der Waals surface area contributed by atoms with Crippen LogP contribution in [0.15, 0.2) is 199 Å². The van der Waals surface area contributed by atoms with Crippen LogP contribution >= 0.6 is 11.3 Å². The number of para-hydroxylation sites is 4. The van der Waals surface area contributed by atoms with Gasteiger partial charge in [0.2, 0.25) is 0 Å². The minimum atomic E-state index is 0.136. The Hall–Kier alpha value is -7.20. The largest absolute Gasteiger partial charge is 0.455 e. The molecule has 0 radical (unpaired) electrons. The van der Waals surface area contributed by atoms with Gasteiger partial charge in [0.05, 0.1) is 11.0 Å². The van der Waals surface area contributed by atoms with Crippen LogP contribution in [-0.4, -0.2) is 4.57 Å². The van der Waals surface area contributed by atoms with Gasteiger partial charge >= 0.3 is 0 Å². The van der Waals surface area contributed by atoms with E-state index in [1.54, 1.807) is 0 Å². The van der Waals surface area contributed by atoms with Gasteiger partial charge in [-0.15, -0.1) is 11.3 Å². The van der Waals surface area contributed by atoms with Crippen LogP contribution in [0.25, 0.3) is 103 Å². The Balaban J connectivity index is 1.05. The topological polar surface area (TPSA) is 18.1 Å². The van der Waals surface area contributed by atoms with Crippen LogP contribution in [0.1, 0.15) is 35.4 Å². The summed E-state index contributed by atoms with van der Waals surface area (Å²) in [6.45, 7) is 2.45. The predicted octanol–water partition coefficient (Wildman–Crippen LogP) is 16.3. The van der Waals surface area contributed by atoms with Gasteiger partial charge < -0.3 is 8.98 Å². The van der Waals surface area contributed by atoms with Gasteiger partial charge in [0, 0.05) is 64.4 Å². The molecular formula is C57H37NOS. The van der Waals surface area contributed by atoms with E-state index in [-0.39, 0.29) is 11.8 Å². The van der Waals surface area contributed by atoms with Crippen molar-refractivity contribution in [2.45, 2.75) is 18.8 Å². The molecule has 2 atom stereocenters. The van der Waals surface area contributed by atoms with E-state index in [0.29, 0.717) is 0 Å². The van der Waals surface area contributed by atoms with Gasteiger partial charge in [-0.25, -0.2) is 0 Å². The molecule has 3 heteroatoms. The molecule has 3 heterocycles. The van der Waals surface area contributed by atoms with Crippen molar-refractivity contribution in [3.05, 3.63) is 211 Å². The summed E-state index contributed by atoms with van der Waals surface area (Å²) >= 11 is 1.89. The lowest BCUT2D eigenvalue weighted by molar-refractivity contribution is 0.650. The molecular weight excluding hydrogens is 747 g/mol. The molecule has 13 rings (SSSR count). The molecule has 3 aromatic heterocycles. The third-order valence-electron chi connectivity index (χ3n) is 13.2. The van der Waals surface area contributed by atoms with Crippen molar-refractivity contribution in [3.8, 4) is 39.1 Å². The average Bonchev–Trinajstić information content (AvgIpc) is 3.99. The standard InChI is InChI=1S/C57H37NOS/c1-34-37-23-13-24-42(43-25-15-29-50-55(43)46-22-7-10-28-49(46)58(50)36-16-3-2-4-17-36)54(37)41-21-6-5-20-40(41)53(34)35-32-47-39-19-9-12-31-52(39)60-57(47)48(33-35)45-27-14-26-44-38-18-8-11-30-51(38)59-56(44)45/h2-34,53H,1H3. The lowest BCUT2D eigenvalue weighted by Crippen LogP contribution is -2.17. The van der Waals surface area contributed by atoms with Crippen LogP contribution in [-0.2, 0) is 0 Å². The van der Waals surface area contributed by atoms with E-state index in [2.05, 4.69) is 206 Å². The molecule has 0 amide bonds.